The highest BCUT2D eigenvalue weighted by molar-refractivity contribution is 5.98. The van der Waals surface area contributed by atoms with E-state index in [0.29, 0.717) is 18.0 Å². The number of carbonyl (C=O) groups excluding carboxylic acids is 1. The van der Waals surface area contributed by atoms with Crippen LogP contribution < -0.4 is 10.5 Å². The minimum atomic E-state index is 0.00830. The van der Waals surface area contributed by atoms with Crippen LogP contribution in [-0.4, -0.2) is 43.6 Å². The average Bonchev–Trinajstić information content (AvgIpc) is 3.29. The standard InChI is InChI=1S/C27H28N6O2/c1-2-3-11-23(34)32-16-7-8-20(17-32)33-27-24(26(28)29-18-30-27)25(31-33)19-12-14-22(15-13-19)35-21-9-5-4-6-10-21/h3-6,9-15,18,20H,2,7-8,16-17H2,1H3,(H2,28,29,30)/b11-3+. The Labute approximate surface area is 204 Å². The quantitative estimate of drug-likeness (QED) is 0.400. The predicted molar refractivity (Wildman–Crippen MR) is 136 cm³/mol. The normalized spacial score (nSPS) is 16.1. The van der Waals surface area contributed by atoms with E-state index in [9.17, 15) is 4.79 Å². The molecule has 5 rings (SSSR count). The van der Waals surface area contributed by atoms with Crippen molar-refractivity contribution in [1.82, 2.24) is 24.6 Å². The third kappa shape index (κ3) is 4.73. The second-order valence-corrected chi connectivity index (χ2v) is 8.58. The van der Waals surface area contributed by atoms with Crippen molar-refractivity contribution in [3.8, 4) is 22.8 Å². The van der Waals surface area contributed by atoms with Crippen LogP contribution in [0.5, 0.6) is 11.5 Å². The number of hydrogen-bond acceptors (Lipinski definition) is 6. The minimum absolute atomic E-state index is 0.00830. The highest BCUT2D eigenvalue weighted by Crippen LogP contribution is 2.34. The van der Waals surface area contributed by atoms with Crippen molar-refractivity contribution >= 4 is 22.8 Å². The smallest absolute Gasteiger partial charge is 0.246 e. The predicted octanol–water partition coefficient (Wildman–Crippen LogP) is 5.00. The number of anilines is 1. The van der Waals surface area contributed by atoms with Gasteiger partial charge in [-0.3, -0.25) is 4.79 Å². The highest BCUT2D eigenvalue weighted by Gasteiger charge is 2.28. The summed E-state index contributed by atoms with van der Waals surface area (Å²) in [5.74, 6) is 1.93. The van der Waals surface area contributed by atoms with Crippen molar-refractivity contribution in [1.29, 1.82) is 0 Å². The van der Waals surface area contributed by atoms with Gasteiger partial charge in [-0.15, -0.1) is 0 Å². The zero-order chi connectivity index (χ0) is 24.2. The molecule has 2 aromatic heterocycles. The summed E-state index contributed by atoms with van der Waals surface area (Å²) in [6, 6.07) is 17.4. The molecule has 0 aliphatic carbocycles. The van der Waals surface area contributed by atoms with Crippen LogP contribution in [0.25, 0.3) is 22.3 Å². The van der Waals surface area contributed by atoms with Gasteiger partial charge < -0.3 is 15.4 Å². The first-order chi connectivity index (χ1) is 17.1. The summed E-state index contributed by atoms with van der Waals surface area (Å²) < 4.78 is 7.84. The van der Waals surface area contributed by atoms with Crippen LogP contribution in [-0.2, 0) is 4.79 Å². The number of nitrogens with zero attached hydrogens (tertiary/aromatic N) is 5. The summed E-state index contributed by atoms with van der Waals surface area (Å²) in [4.78, 5) is 23.2. The molecule has 8 heteroatoms. The van der Waals surface area contributed by atoms with Crippen molar-refractivity contribution in [3.63, 3.8) is 0 Å². The van der Waals surface area contributed by atoms with Gasteiger partial charge in [-0.1, -0.05) is 31.2 Å². The average molecular weight is 469 g/mol. The number of allylic oxidation sites excluding steroid dienone is 1. The molecule has 1 fully saturated rings. The maximum Gasteiger partial charge on any atom is 0.246 e. The third-order valence-corrected chi connectivity index (χ3v) is 6.17. The first kappa shape index (κ1) is 22.6. The van der Waals surface area contributed by atoms with Crippen molar-refractivity contribution in [2.24, 2.45) is 0 Å². The number of carbonyl (C=O) groups is 1. The Bertz CT molecular complexity index is 1350. The van der Waals surface area contributed by atoms with E-state index in [1.165, 1.54) is 6.33 Å². The maximum atomic E-state index is 12.6. The van der Waals surface area contributed by atoms with Crippen LogP contribution in [0.2, 0.25) is 0 Å². The maximum absolute atomic E-state index is 12.6. The van der Waals surface area contributed by atoms with Gasteiger partial charge in [0.2, 0.25) is 5.91 Å². The Hall–Kier alpha value is -4.20. The van der Waals surface area contributed by atoms with Crippen molar-refractivity contribution < 1.29 is 9.53 Å². The molecule has 178 valence electrons. The number of likely N-dealkylation sites (tertiary alicyclic amines) is 1. The van der Waals surface area contributed by atoms with E-state index in [4.69, 9.17) is 15.6 Å². The molecule has 2 aromatic carbocycles. The van der Waals surface area contributed by atoms with E-state index in [0.717, 1.165) is 53.9 Å². The Morgan fingerprint density at radius 3 is 2.66 bits per heavy atom. The molecular formula is C27H28N6O2. The lowest BCUT2D eigenvalue weighted by molar-refractivity contribution is -0.127. The summed E-state index contributed by atoms with van der Waals surface area (Å²) in [5.41, 5.74) is 8.59. The number of rotatable bonds is 6. The van der Waals surface area contributed by atoms with Gasteiger partial charge in [-0.25, -0.2) is 14.6 Å². The molecule has 1 aliphatic heterocycles. The summed E-state index contributed by atoms with van der Waals surface area (Å²) in [6.45, 7) is 3.34. The zero-order valence-corrected chi connectivity index (χ0v) is 19.7. The molecule has 35 heavy (non-hydrogen) atoms. The first-order valence-corrected chi connectivity index (χ1v) is 11.9. The lowest BCUT2D eigenvalue weighted by Gasteiger charge is -2.32. The molecule has 4 aromatic rings. The van der Waals surface area contributed by atoms with Gasteiger partial charge in [0.15, 0.2) is 5.65 Å². The van der Waals surface area contributed by atoms with Crippen molar-refractivity contribution in [2.45, 2.75) is 32.2 Å². The van der Waals surface area contributed by atoms with Crippen molar-refractivity contribution in [2.75, 3.05) is 18.8 Å². The van der Waals surface area contributed by atoms with Gasteiger partial charge in [-0.05, 0) is 61.7 Å². The molecule has 0 saturated carbocycles. The summed E-state index contributed by atoms with van der Waals surface area (Å²) in [6.07, 6.45) is 7.67. The lowest BCUT2D eigenvalue weighted by Crippen LogP contribution is -2.40. The number of aromatic nitrogens is 4. The Kier molecular flexibility index (Phi) is 6.43. The molecule has 1 aliphatic rings. The second-order valence-electron chi connectivity index (χ2n) is 8.58. The fourth-order valence-corrected chi connectivity index (χ4v) is 4.44. The lowest BCUT2D eigenvalue weighted by atomic mass is 10.1. The van der Waals surface area contributed by atoms with Gasteiger partial charge in [0.25, 0.3) is 0 Å². The summed E-state index contributed by atoms with van der Waals surface area (Å²) in [7, 11) is 0. The molecule has 0 bridgehead atoms. The summed E-state index contributed by atoms with van der Waals surface area (Å²) in [5, 5.41) is 5.67. The number of benzene rings is 2. The molecule has 1 atom stereocenters. The van der Waals surface area contributed by atoms with Crippen LogP contribution in [0.4, 0.5) is 5.82 Å². The van der Waals surface area contributed by atoms with E-state index < -0.39 is 0 Å². The fraction of sp³-hybridized carbons (Fsp3) is 0.259. The highest BCUT2D eigenvalue weighted by atomic mass is 16.5. The van der Waals surface area contributed by atoms with Gasteiger partial charge in [0.1, 0.15) is 29.3 Å². The number of hydrogen-bond donors (Lipinski definition) is 1. The SMILES string of the molecule is CC/C=C/C(=O)N1CCCC(n2nc(-c3ccc(Oc4ccccc4)cc3)c3c(N)ncnc32)C1. The summed E-state index contributed by atoms with van der Waals surface area (Å²) >= 11 is 0. The molecule has 1 saturated heterocycles. The van der Waals surface area contributed by atoms with Crippen LogP contribution >= 0.6 is 0 Å². The molecule has 3 heterocycles. The minimum Gasteiger partial charge on any atom is -0.457 e. The second kappa shape index (κ2) is 9.97. The van der Waals surface area contributed by atoms with Crippen LogP contribution in [0, 0.1) is 0 Å². The van der Waals surface area contributed by atoms with Crippen LogP contribution in [0.3, 0.4) is 0 Å². The van der Waals surface area contributed by atoms with Gasteiger partial charge >= 0.3 is 0 Å². The van der Waals surface area contributed by atoms with E-state index in [2.05, 4.69) is 9.97 Å². The number of fused-ring (bicyclic) bond motifs is 1. The molecular weight excluding hydrogens is 440 g/mol. The molecule has 1 unspecified atom stereocenters. The van der Waals surface area contributed by atoms with Gasteiger partial charge in [-0.2, -0.15) is 5.10 Å². The van der Waals surface area contributed by atoms with Crippen LogP contribution in [0.1, 0.15) is 32.2 Å². The Balaban J connectivity index is 1.46. The Morgan fingerprint density at radius 1 is 1.11 bits per heavy atom. The number of ether oxygens (including phenoxy) is 1. The molecule has 0 spiro atoms. The Morgan fingerprint density at radius 2 is 1.89 bits per heavy atom. The molecule has 0 radical (unpaired) electrons. The topological polar surface area (TPSA) is 99.2 Å². The molecule has 8 nitrogen and oxygen atoms in total. The van der Waals surface area contributed by atoms with Crippen LogP contribution in [0.15, 0.2) is 73.1 Å². The fourth-order valence-electron chi connectivity index (χ4n) is 4.44. The van der Waals surface area contributed by atoms with E-state index in [1.807, 2.05) is 77.2 Å². The van der Waals surface area contributed by atoms with Gasteiger partial charge in [0.05, 0.1) is 11.4 Å². The zero-order valence-electron chi connectivity index (χ0n) is 19.7. The number of nitrogen functional groups attached to an aromatic ring is 1. The monoisotopic (exact) mass is 468 g/mol. The molecule has 2 N–H and O–H groups in total. The van der Waals surface area contributed by atoms with Gasteiger partial charge in [0, 0.05) is 18.7 Å². The van der Waals surface area contributed by atoms with Crippen molar-refractivity contribution in [3.05, 3.63) is 73.1 Å². The first-order valence-electron chi connectivity index (χ1n) is 11.9. The third-order valence-electron chi connectivity index (χ3n) is 6.17. The van der Waals surface area contributed by atoms with E-state index in [1.54, 1.807) is 6.08 Å². The van der Waals surface area contributed by atoms with E-state index in [-0.39, 0.29) is 11.9 Å². The number of nitrogens with two attached hydrogens (primary N) is 1. The largest absolute Gasteiger partial charge is 0.457 e. The number of para-hydroxylation sites is 1. The number of amides is 1. The van der Waals surface area contributed by atoms with E-state index >= 15 is 0 Å². The molecule has 1 amide bonds. The number of piperidine rings is 1.